The second kappa shape index (κ2) is 6.13. The van der Waals surface area contributed by atoms with Gasteiger partial charge >= 0.3 is 0 Å². The van der Waals surface area contributed by atoms with Crippen LogP contribution in [0.25, 0.3) is 0 Å². The van der Waals surface area contributed by atoms with E-state index < -0.39 is 10.1 Å². The summed E-state index contributed by atoms with van der Waals surface area (Å²) in [5.41, 5.74) is 7.54. The number of aryl methyl sites for hydroxylation is 1. The van der Waals surface area contributed by atoms with Crippen molar-refractivity contribution in [3.05, 3.63) is 42.0 Å². The van der Waals surface area contributed by atoms with Crippen molar-refractivity contribution >= 4 is 10.1 Å². The van der Waals surface area contributed by atoms with Crippen molar-refractivity contribution in [2.75, 3.05) is 6.61 Å². The summed E-state index contributed by atoms with van der Waals surface area (Å²) >= 11 is 0. The molecule has 0 spiro atoms. The predicted octanol–water partition coefficient (Wildman–Crippen LogP) is 1.99. The normalized spacial score (nSPS) is 13.3. The Morgan fingerprint density at radius 1 is 1.39 bits per heavy atom. The van der Waals surface area contributed by atoms with Gasteiger partial charge in [0.1, 0.15) is 0 Å². The third-order valence-electron chi connectivity index (χ3n) is 2.61. The topological polar surface area (TPSA) is 69.4 Å². The Labute approximate surface area is 109 Å². The van der Waals surface area contributed by atoms with Crippen LogP contribution in [-0.4, -0.2) is 21.1 Å². The van der Waals surface area contributed by atoms with Gasteiger partial charge in [0.2, 0.25) is 0 Å². The predicted molar refractivity (Wildman–Crippen MR) is 71.7 cm³/mol. The van der Waals surface area contributed by atoms with Crippen LogP contribution in [0.15, 0.2) is 41.3 Å². The Morgan fingerprint density at radius 3 is 2.44 bits per heavy atom. The van der Waals surface area contributed by atoms with E-state index in [0.717, 1.165) is 11.1 Å². The van der Waals surface area contributed by atoms with Crippen LogP contribution >= 0.6 is 0 Å². The maximum atomic E-state index is 11.8. The van der Waals surface area contributed by atoms with E-state index in [0.29, 0.717) is 6.42 Å². The molecule has 1 rings (SSSR count). The van der Waals surface area contributed by atoms with Crippen LogP contribution in [0.1, 0.15) is 18.9 Å². The minimum absolute atomic E-state index is 0.0598. The molecule has 18 heavy (non-hydrogen) atoms. The highest BCUT2D eigenvalue weighted by atomic mass is 32.2. The molecule has 0 radical (unpaired) electrons. The molecule has 0 bridgehead atoms. The van der Waals surface area contributed by atoms with Gasteiger partial charge in [-0.3, -0.25) is 4.18 Å². The van der Waals surface area contributed by atoms with E-state index in [1.807, 2.05) is 6.92 Å². The van der Waals surface area contributed by atoms with Gasteiger partial charge < -0.3 is 5.73 Å². The van der Waals surface area contributed by atoms with Gasteiger partial charge in [-0.15, -0.1) is 0 Å². The second-order valence-electron chi connectivity index (χ2n) is 4.33. The molecule has 0 aromatic heterocycles. The first-order valence-electron chi connectivity index (χ1n) is 5.70. The van der Waals surface area contributed by atoms with Gasteiger partial charge in [0, 0.05) is 6.04 Å². The zero-order chi connectivity index (χ0) is 13.8. The first-order chi connectivity index (χ1) is 8.33. The molecule has 0 heterocycles. The van der Waals surface area contributed by atoms with Crippen molar-refractivity contribution in [3.8, 4) is 0 Å². The molecule has 0 amide bonds. The molecule has 0 aliphatic heterocycles. The van der Waals surface area contributed by atoms with E-state index in [1.165, 1.54) is 12.1 Å². The van der Waals surface area contributed by atoms with Crippen molar-refractivity contribution < 1.29 is 12.6 Å². The quantitative estimate of drug-likeness (QED) is 0.633. The maximum Gasteiger partial charge on any atom is 0.296 e. The van der Waals surface area contributed by atoms with Crippen LogP contribution in [0, 0.1) is 6.92 Å². The van der Waals surface area contributed by atoms with Crippen molar-refractivity contribution in [2.24, 2.45) is 5.73 Å². The molecule has 0 saturated carbocycles. The highest BCUT2D eigenvalue weighted by Crippen LogP contribution is 2.14. The smallest absolute Gasteiger partial charge is 0.296 e. The van der Waals surface area contributed by atoms with Crippen molar-refractivity contribution in [3.63, 3.8) is 0 Å². The van der Waals surface area contributed by atoms with Gasteiger partial charge in [-0.1, -0.05) is 29.8 Å². The first kappa shape index (κ1) is 14.9. The fourth-order valence-electron chi connectivity index (χ4n) is 1.30. The summed E-state index contributed by atoms with van der Waals surface area (Å²) in [6.45, 7) is 7.46. The van der Waals surface area contributed by atoms with Gasteiger partial charge in [-0.2, -0.15) is 8.42 Å². The summed E-state index contributed by atoms with van der Waals surface area (Å²) in [4.78, 5) is 0.164. The van der Waals surface area contributed by atoms with E-state index >= 15 is 0 Å². The highest BCUT2D eigenvalue weighted by molar-refractivity contribution is 7.86. The Bertz CT molecular complexity index is 506. The zero-order valence-corrected chi connectivity index (χ0v) is 11.5. The monoisotopic (exact) mass is 269 g/mol. The van der Waals surface area contributed by atoms with Gasteiger partial charge in [0.15, 0.2) is 0 Å². The number of hydrogen-bond donors (Lipinski definition) is 1. The number of hydrogen-bond acceptors (Lipinski definition) is 4. The SMILES string of the molecule is C=C(C)C(N)CCOS(=O)(=O)c1ccc(C)cc1. The van der Waals surface area contributed by atoms with Crippen LogP contribution in [0.5, 0.6) is 0 Å². The molecular formula is C13H19NO3S. The standard InChI is InChI=1S/C13H19NO3S/c1-10(2)13(14)8-9-17-18(15,16)12-6-4-11(3)5-7-12/h4-7,13H,1,8-9,14H2,2-3H3. The molecular weight excluding hydrogens is 250 g/mol. The molecule has 2 N–H and O–H groups in total. The summed E-state index contributed by atoms with van der Waals surface area (Å²) in [5.74, 6) is 0. The van der Waals surface area contributed by atoms with E-state index in [1.54, 1.807) is 19.1 Å². The number of nitrogens with two attached hydrogens (primary N) is 1. The average Bonchev–Trinajstić information content (AvgIpc) is 2.29. The fraction of sp³-hybridized carbons (Fsp3) is 0.385. The maximum absolute atomic E-state index is 11.8. The summed E-state index contributed by atoms with van der Waals surface area (Å²) in [5, 5.41) is 0. The summed E-state index contributed by atoms with van der Waals surface area (Å²) < 4.78 is 28.5. The Morgan fingerprint density at radius 2 is 1.94 bits per heavy atom. The van der Waals surface area contributed by atoms with Crippen LogP contribution in [0.4, 0.5) is 0 Å². The molecule has 0 saturated heterocycles. The van der Waals surface area contributed by atoms with E-state index in [-0.39, 0.29) is 17.5 Å². The molecule has 1 unspecified atom stereocenters. The summed E-state index contributed by atoms with van der Waals surface area (Å²) in [6, 6.07) is 6.29. The lowest BCUT2D eigenvalue weighted by molar-refractivity contribution is 0.305. The minimum Gasteiger partial charge on any atom is -0.324 e. The lowest BCUT2D eigenvalue weighted by atomic mass is 10.1. The molecule has 0 aliphatic rings. The van der Waals surface area contributed by atoms with E-state index in [2.05, 4.69) is 6.58 Å². The fourth-order valence-corrected chi connectivity index (χ4v) is 2.23. The van der Waals surface area contributed by atoms with Crippen molar-refractivity contribution in [1.29, 1.82) is 0 Å². The second-order valence-corrected chi connectivity index (χ2v) is 5.95. The largest absolute Gasteiger partial charge is 0.324 e. The van der Waals surface area contributed by atoms with Crippen LogP contribution in [0.3, 0.4) is 0 Å². The molecule has 100 valence electrons. The Balaban J connectivity index is 2.60. The lowest BCUT2D eigenvalue weighted by Gasteiger charge is -2.11. The number of benzene rings is 1. The molecule has 1 aromatic carbocycles. The van der Waals surface area contributed by atoms with Crippen LogP contribution in [-0.2, 0) is 14.3 Å². The molecule has 1 aromatic rings. The third-order valence-corrected chi connectivity index (χ3v) is 3.94. The van der Waals surface area contributed by atoms with Gasteiger partial charge in [-0.25, -0.2) is 0 Å². The van der Waals surface area contributed by atoms with Crippen molar-refractivity contribution in [2.45, 2.75) is 31.2 Å². The van der Waals surface area contributed by atoms with Gasteiger partial charge in [0.25, 0.3) is 10.1 Å². The number of rotatable bonds is 6. The lowest BCUT2D eigenvalue weighted by Crippen LogP contribution is -2.23. The molecule has 0 fully saturated rings. The van der Waals surface area contributed by atoms with Crippen LogP contribution in [0.2, 0.25) is 0 Å². The summed E-state index contributed by atoms with van der Waals surface area (Å²) in [6.07, 6.45) is 0.431. The third kappa shape index (κ3) is 4.25. The van der Waals surface area contributed by atoms with Crippen LogP contribution < -0.4 is 5.73 Å². The highest BCUT2D eigenvalue weighted by Gasteiger charge is 2.15. The Kier molecular flexibility index (Phi) is 5.07. The van der Waals surface area contributed by atoms with E-state index in [4.69, 9.17) is 9.92 Å². The molecule has 4 nitrogen and oxygen atoms in total. The minimum atomic E-state index is -3.68. The van der Waals surface area contributed by atoms with E-state index in [9.17, 15) is 8.42 Å². The average molecular weight is 269 g/mol. The Hall–Kier alpha value is -1.17. The molecule has 5 heteroatoms. The van der Waals surface area contributed by atoms with Crippen molar-refractivity contribution in [1.82, 2.24) is 0 Å². The van der Waals surface area contributed by atoms with Gasteiger partial charge in [0.05, 0.1) is 11.5 Å². The molecule has 1 atom stereocenters. The first-order valence-corrected chi connectivity index (χ1v) is 7.11. The zero-order valence-electron chi connectivity index (χ0n) is 10.7. The van der Waals surface area contributed by atoms with Gasteiger partial charge in [-0.05, 0) is 32.4 Å². The molecule has 0 aliphatic carbocycles. The summed E-state index contributed by atoms with van der Waals surface area (Å²) in [7, 11) is -3.68.